The molecule has 0 heterocycles. The molecule has 0 aliphatic heterocycles. The summed E-state index contributed by atoms with van der Waals surface area (Å²) in [6, 6.07) is 4.49. The number of rotatable bonds is 3. The van der Waals surface area contributed by atoms with Gasteiger partial charge in [0.1, 0.15) is 5.82 Å². The number of halogens is 1. The quantitative estimate of drug-likeness (QED) is 0.731. The van der Waals surface area contributed by atoms with Crippen molar-refractivity contribution in [2.45, 2.75) is 18.4 Å². The Hall–Kier alpha value is -0.540. The molecule has 3 heteroatoms. The van der Waals surface area contributed by atoms with Gasteiger partial charge in [0.2, 0.25) is 0 Å². The van der Waals surface area contributed by atoms with Gasteiger partial charge in [0.25, 0.3) is 0 Å². The Kier molecular flexibility index (Phi) is 3.56. The topological polar surface area (TPSA) is 20.2 Å². The first-order valence-corrected chi connectivity index (χ1v) is 4.78. The van der Waals surface area contributed by atoms with Gasteiger partial charge in [0, 0.05) is 4.90 Å². The maximum absolute atomic E-state index is 12.7. The maximum Gasteiger partial charge on any atom is 0.123 e. The molecule has 1 nitrogen and oxygen atoms in total. The van der Waals surface area contributed by atoms with Crippen molar-refractivity contribution < 1.29 is 9.50 Å². The third-order valence-electron chi connectivity index (χ3n) is 1.49. The van der Waals surface area contributed by atoms with E-state index in [1.54, 1.807) is 17.8 Å². The minimum atomic E-state index is -0.292. The van der Waals surface area contributed by atoms with Crippen LogP contribution in [0.1, 0.15) is 12.5 Å². The molecular formula is C9H11FOS. The lowest BCUT2D eigenvalue weighted by Gasteiger charge is -2.04. The highest BCUT2D eigenvalue weighted by molar-refractivity contribution is 7.99. The average Bonchev–Trinajstić information content (AvgIpc) is 2.08. The van der Waals surface area contributed by atoms with Crippen molar-refractivity contribution >= 4 is 11.8 Å². The zero-order chi connectivity index (χ0) is 8.97. The predicted octanol–water partition coefficient (Wildman–Crippen LogP) is 2.43. The number of aliphatic hydroxyl groups excluding tert-OH is 1. The first-order valence-electron chi connectivity index (χ1n) is 3.80. The molecule has 1 aromatic carbocycles. The molecule has 0 saturated heterocycles. The summed E-state index contributed by atoms with van der Waals surface area (Å²) in [5.41, 5.74) is 0.668. The van der Waals surface area contributed by atoms with E-state index in [1.807, 2.05) is 6.92 Å². The Bertz CT molecular complexity index is 263. The SMILES string of the molecule is CCSc1ccc(F)cc1CO. The van der Waals surface area contributed by atoms with Crippen LogP contribution in [0, 0.1) is 5.82 Å². The van der Waals surface area contributed by atoms with Crippen LogP contribution in [0.4, 0.5) is 4.39 Å². The summed E-state index contributed by atoms with van der Waals surface area (Å²) in [4.78, 5) is 0.960. The number of aliphatic hydroxyl groups is 1. The van der Waals surface area contributed by atoms with E-state index in [-0.39, 0.29) is 12.4 Å². The lowest BCUT2D eigenvalue weighted by molar-refractivity contribution is 0.278. The van der Waals surface area contributed by atoms with Crippen molar-refractivity contribution in [3.63, 3.8) is 0 Å². The van der Waals surface area contributed by atoms with Crippen molar-refractivity contribution in [2.24, 2.45) is 0 Å². The molecule has 0 unspecified atom stereocenters. The van der Waals surface area contributed by atoms with Gasteiger partial charge in [0.15, 0.2) is 0 Å². The van der Waals surface area contributed by atoms with Crippen molar-refractivity contribution in [1.29, 1.82) is 0 Å². The molecule has 0 aromatic heterocycles. The molecule has 0 saturated carbocycles. The van der Waals surface area contributed by atoms with Crippen LogP contribution in [0.15, 0.2) is 23.1 Å². The summed E-state index contributed by atoms with van der Waals surface area (Å²) in [6.07, 6.45) is 0. The van der Waals surface area contributed by atoms with Gasteiger partial charge < -0.3 is 5.11 Å². The Morgan fingerprint density at radius 1 is 1.50 bits per heavy atom. The third kappa shape index (κ3) is 2.22. The van der Waals surface area contributed by atoms with Gasteiger partial charge in [-0.1, -0.05) is 6.92 Å². The zero-order valence-corrected chi connectivity index (χ0v) is 7.70. The van der Waals surface area contributed by atoms with Gasteiger partial charge in [-0.3, -0.25) is 0 Å². The van der Waals surface area contributed by atoms with E-state index in [1.165, 1.54) is 12.1 Å². The van der Waals surface area contributed by atoms with Crippen molar-refractivity contribution in [1.82, 2.24) is 0 Å². The number of hydrogen-bond donors (Lipinski definition) is 1. The van der Waals surface area contributed by atoms with Crippen molar-refractivity contribution in [3.8, 4) is 0 Å². The fourth-order valence-corrected chi connectivity index (χ4v) is 1.75. The molecule has 0 bridgehead atoms. The second kappa shape index (κ2) is 4.48. The minimum Gasteiger partial charge on any atom is -0.392 e. The third-order valence-corrected chi connectivity index (χ3v) is 2.49. The zero-order valence-electron chi connectivity index (χ0n) is 6.88. The lowest BCUT2D eigenvalue weighted by Crippen LogP contribution is -1.89. The first-order chi connectivity index (χ1) is 5.77. The summed E-state index contributed by atoms with van der Waals surface area (Å²) >= 11 is 1.61. The molecule has 0 radical (unpaired) electrons. The van der Waals surface area contributed by atoms with Gasteiger partial charge in [-0.25, -0.2) is 4.39 Å². The highest BCUT2D eigenvalue weighted by Gasteiger charge is 2.01. The van der Waals surface area contributed by atoms with Crippen LogP contribution < -0.4 is 0 Å². The van der Waals surface area contributed by atoms with Gasteiger partial charge in [0.05, 0.1) is 6.61 Å². The molecule has 0 amide bonds. The molecule has 0 spiro atoms. The molecule has 0 aliphatic carbocycles. The van der Waals surface area contributed by atoms with E-state index in [0.717, 1.165) is 10.6 Å². The number of hydrogen-bond acceptors (Lipinski definition) is 2. The van der Waals surface area contributed by atoms with Crippen LogP contribution in [-0.2, 0) is 6.61 Å². The van der Waals surface area contributed by atoms with Gasteiger partial charge in [-0.2, -0.15) is 0 Å². The molecule has 0 atom stereocenters. The highest BCUT2D eigenvalue weighted by atomic mass is 32.2. The summed E-state index contributed by atoms with van der Waals surface area (Å²) < 4.78 is 12.7. The summed E-state index contributed by atoms with van der Waals surface area (Å²) in [6.45, 7) is 1.93. The molecule has 12 heavy (non-hydrogen) atoms. The Morgan fingerprint density at radius 3 is 2.83 bits per heavy atom. The van der Waals surface area contributed by atoms with E-state index < -0.39 is 0 Å². The van der Waals surface area contributed by atoms with Crippen LogP contribution in [0.5, 0.6) is 0 Å². The van der Waals surface area contributed by atoms with E-state index in [4.69, 9.17) is 5.11 Å². The second-order valence-electron chi connectivity index (χ2n) is 2.34. The van der Waals surface area contributed by atoms with E-state index in [9.17, 15) is 4.39 Å². The standard InChI is InChI=1S/C9H11FOS/c1-2-12-9-4-3-8(10)5-7(9)6-11/h3-5,11H,2,6H2,1H3. The average molecular weight is 186 g/mol. The fourth-order valence-electron chi connectivity index (χ4n) is 0.968. The molecule has 1 N–H and O–H groups in total. The summed E-state index contributed by atoms with van der Waals surface area (Å²) in [5.74, 6) is 0.637. The van der Waals surface area contributed by atoms with Gasteiger partial charge >= 0.3 is 0 Å². The monoisotopic (exact) mass is 186 g/mol. The molecule has 0 aliphatic rings. The summed E-state index contributed by atoms with van der Waals surface area (Å²) in [7, 11) is 0. The van der Waals surface area contributed by atoms with Crippen LogP contribution >= 0.6 is 11.8 Å². The van der Waals surface area contributed by atoms with Crippen LogP contribution in [0.25, 0.3) is 0 Å². The molecular weight excluding hydrogens is 175 g/mol. The van der Waals surface area contributed by atoms with Gasteiger partial charge in [-0.15, -0.1) is 11.8 Å². The van der Waals surface area contributed by atoms with Crippen molar-refractivity contribution in [2.75, 3.05) is 5.75 Å². The van der Waals surface area contributed by atoms with E-state index in [0.29, 0.717) is 5.56 Å². The smallest absolute Gasteiger partial charge is 0.123 e. The number of benzene rings is 1. The van der Waals surface area contributed by atoms with Crippen LogP contribution in [-0.4, -0.2) is 10.9 Å². The van der Waals surface area contributed by atoms with Gasteiger partial charge in [-0.05, 0) is 29.5 Å². The van der Waals surface area contributed by atoms with Crippen LogP contribution in [0.2, 0.25) is 0 Å². The molecule has 1 aromatic rings. The lowest BCUT2D eigenvalue weighted by atomic mass is 10.2. The largest absolute Gasteiger partial charge is 0.392 e. The normalized spacial score (nSPS) is 10.2. The maximum atomic E-state index is 12.7. The Balaban J connectivity index is 2.94. The predicted molar refractivity (Wildman–Crippen MR) is 48.7 cm³/mol. The molecule has 66 valence electrons. The second-order valence-corrected chi connectivity index (χ2v) is 3.65. The first kappa shape index (κ1) is 9.55. The minimum absolute atomic E-state index is 0.0971. The molecule has 0 fully saturated rings. The van der Waals surface area contributed by atoms with E-state index >= 15 is 0 Å². The fraction of sp³-hybridized carbons (Fsp3) is 0.333. The van der Waals surface area contributed by atoms with Crippen LogP contribution in [0.3, 0.4) is 0 Å². The Morgan fingerprint density at radius 2 is 2.25 bits per heavy atom. The molecule has 1 rings (SSSR count). The highest BCUT2D eigenvalue weighted by Crippen LogP contribution is 2.23. The Labute approximate surface area is 75.6 Å². The summed E-state index contributed by atoms with van der Waals surface area (Å²) in [5, 5.41) is 8.89. The van der Waals surface area contributed by atoms with Crippen molar-refractivity contribution in [3.05, 3.63) is 29.6 Å². The number of thioether (sulfide) groups is 1. The van der Waals surface area contributed by atoms with E-state index in [2.05, 4.69) is 0 Å².